The Hall–Kier alpha value is -0.570. The standard InChI is InChI=1S/C13H24N2O/c16-13-8-5-10-14-15(13)11-9-12-6-3-1-2-4-7-12/h12,14H,1-11H2. The van der Waals surface area contributed by atoms with Crippen LogP contribution in [0.15, 0.2) is 0 Å². The molecule has 2 rings (SSSR count). The first-order valence-corrected chi connectivity index (χ1v) is 6.90. The second-order valence-corrected chi connectivity index (χ2v) is 5.20. The zero-order valence-corrected chi connectivity index (χ0v) is 10.2. The number of nitrogens with zero attached hydrogens (tertiary/aromatic N) is 1. The van der Waals surface area contributed by atoms with E-state index in [0.29, 0.717) is 5.91 Å². The first-order chi connectivity index (χ1) is 7.86. The van der Waals surface area contributed by atoms with Crippen LogP contribution in [-0.4, -0.2) is 24.0 Å². The number of carbonyl (C=O) groups is 1. The third kappa shape index (κ3) is 3.48. The summed E-state index contributed by atoms with van der Waals surface area (Å²) in [6, 6.07) is 0. The molecule has 16 heavy (non-hydrogen) atoms. The average molecular weight is 224 g/mol. The Balaban J connectivity index is 1.70. The Bertz CT molecular complexity index is 222. The number of nitrogens with one attached hydrogen (secondary N) is 1. The predicted octanol–water partition coefficient (Wildman–Crippen LogP) is 2.47. The largest absolute Gasteiger partial charge is 0.278 e. The summed E-state index contributed by atoms with van der Waals surface area (Å²) in [4.78, 5) is 11.6. The Kier molecular flexibility index (Phi) is 4.64. The molecule has 1 N–H and O–H groups in total. The van der Waals surface area contributed by atoms with E-state index >= 15 is 0 Å². The maximum absolute atomic E-state index is 11.6. The summed E-state index contributed by atoms with van der Waals surface area (Å²) in [6.07, 6.45) is 11.3. The minimum atomic E-state index is 0.292. The summed E-state index contributed by atoms with van der Waals surface area (Å²) in [5.74, 6) is 1.15. The van der Waals surface area contributed by atoms with Crippen molar-refractivity contribution in [2.45, 2.75) is 57.8 Å². The number of hydrogen-bond donors (Lipinski definition) is 1. The van der Waals surface area contributed by atoms with Gasteiger partial charge in [0, 0.05) is 19.5 Å². The molecular weight excluding hydrogens is 200 g/mol. The molecule has 2 fully saturated rings. The van der Waals surface area contributed by atoms with Gasteiger partial charge in [0.15, 0.2) is 0 Å². The molecule has 2 aliphatic rings. The number of hydrazine groups is 1. The van der Waals surface area contributed by atoms with Crippen LogP contribution in [0.1, 0.15) is 57.8 Å². The topological polar surface area (TPSA) is 32.3 Å². The van der Waals surface area contributed by atoms with Crippen LogP contribution in [0.2, 0.25) is 0 Å². The second kappa shape index (κ2) is 6.24. The summed E-state index contributed by atoms with van der Waals surface area (Å²) >= 11 is 0. The average Bonchev–Trinajstić information content (AvgIpc) is 2.56. The smallest absolute Gasteiger partial charge is 0.236 e. The van der Waals surface area contributed by atoms with Crippen LogP contribution in [0.5, 0.6) is 0 Å². The van der Waals surface area contributed by atoms with Crippen LogP contribution in [0, 0.1) is 5.92 Å². The van der Waals surface area contributed by atoms with Gasteiger partial charge in [-0.2, -0.15) is 0 Å². The SMILES string of the molecule is O=C1CCCNN1CCC1CCCCCC1. The molecule has 0 unspecified atom stereocenters. The monoisotopic (exact) mass is 224 g/mol. The minimum absolute atomic E-state index is 0.292. The lowest BCUT2D eigenvalue weighted by molar-refractivity contribution is -0.137. The zero-order valence-electron chi connectivity index (χ0n) is 10.2. The van der Waals surface area contributed by atoms with E-state index in [1.54, 1.807) is 0 Å². The van der Waals surface area contributed by atoms with Crippen molar-refractivity contribution in [2.75, 3.05) is 13.1 Å². The van der Waals surface area contributed by atoms with Crippen molar-refractivity contribution < 1.29 is 4.79 Å². The number of carbonyl (C=O) groups excluding carboxylic acids is 1. The van der Waals surface area contributed by atoms with Gasteiger partial charge in [-0.05, 0) is 18.8 Å². The molecule has 1 aliphatic carbocycles. The third-order valence-electron chi connectivity index (χ3n) is 3.91. The van der Waals surface area contributed by atoms with E-state index < -0.39 is 0 Å². The highest BCUT2D eigenvalue weighted by Gasteiger charge is 2.19. The summed E-state index contributed by atoms with van der Waals surface area (Å²) in [5, 5.41) is 1.86. The van der Waals surface area contributed by atoms with Crippen molar-refractivity contribution in [1.29, 1.82) is 0 Å². The van der Waals surface area contributed by atoms with E-state index in [0.717, 1.165) is 31.8 Å². The van der Waals surface area contributed by atoms with Crippen LogP contribution in [0.4, 0.5) is 0 Å². The molecule has 1 saturated heterocycles. The highest BCUT2D eigenvalue weighted by molar-refractivity contribution is 5.76. The molecule has 0 radical (unpaired) electrons. The number of rotatable bonds is 3. The van der Waals surface area contributed by atoms with Crippen LogP contribution in [-0.2, 0) is 4.79 Å². The van der Waals surface area contributed by atoms with Gasteiger partial charge in [0.2, 0.25) is 5.91 Å². The molecule has 3 nitrogen and oxygen atoms in total. The van der Waals surface area contributed by atoms with Crippen molar-refractivity contribution in [2.24, 2.45) is 5.92 Å². The van der Waals surface area contributed by atoms with Crippen molar-refractivity contribution in [3.8, 4) is 0 Å². The van der Waals surface area contributed by atoms with Crippen molar-refractivity contribution in [1.82, 2.24) is 10.4 Å². The van der Waals surface area contributed by atoms with Crippen molar-refractivity contribution in [3.05, 3.63) is 0 Å². The van der Waals surface area contributed by atoms with Crippen LogP contribution < -0.4 is 5.43 Å². The predicted molar refractivity (Wildman–Crippen MR) is 64.8 cm³/mol. The summed E-state index contributed by atoms with van der Waals surface area (Å²) in [5.41, 5.74) is 3.21. The fourth-order valence-corrected chi connectivity index (χ4v) is 2.84. The zero-order chi connectivity index (χ0) is 11.2. The molecule has 3 heteroatoms. The molecule has 0 atom stereocenters. The van der Waals surface area contributed by atoms with E-state index in [1.165, 1.54) is 44.9 Å². The van der Waals surface area contributed by atoms with Crippen molar-refractivity contribution >= 4 is 5.91 Å². The maximum Gasteiger partial charge on any atom is 0.236 e. The molecule has 1 heterocycles. The molecule has 1 saturated carbocycles. The lowest BCUT2D eigenvalue weighted by Crippen LogP contribution is -2.47. The van der Waals surface area contributed by atoms with Gasteiger partial charge in [-0.3, -0.25) is 9.80 Å². The number of hydrogen-bond acceptors (Lipinski definition) is 2. The lowest BCUT2D eigenvalue weighted by atomic mass is 9.96. The minimum Gasteiger partial charge on any atom is -0.278 e. The number of amides is 1. The Morgan fingerprint density at radius 2 is 1.88 bits per heavy atom. The van der Waals surface area contributed by atoms with Crippen molar-refractivity contribution in [3.63, 3.8) is 0 Å². The molecule has 1 amide bonds. The van der Waals surface area contributed by atoms with Gasteiger partial charge in [0.1, 0.15) is 0 Å². The molecule has 0 bridgehead atoms. The van der Waals surface area contributed by atoms with E-state index in [9.17, 15) is 4.79 Å². The molecule has 0 spiro atoms. The van der Waals surface area contributed by atoms with Crippen LogP contribution in [0.3, 0.4) is 0 Å². The fourth-order valence-electron chi connectivity index (χ4n) is 2.84. The molecular formula is C13H24N2O. The summed E-state index contributed by atoms with van der Waals surface area (Å²) in [6.45, 7) is 1.89. The highest BCUT2D eigenvalue weighted by Crippen LogP contribution is 2.25. The van der Waals surface area contributed by atoms with E-state index in [4.69, 9.17) is 0 Å². The Morgan fingerprint density at radius 3 is 2.56 bits per heavy atom. The Morgan fingerprint density at radius 1 is 1.12 bits per heavy atom. The van der Waals surface area contributed by atoms with E-state index in [1.807, 2.05) is 5.01 Å². The van der Waals surface area contributed by atoms with Gasteiger partial charge in [0.25, 0.3) is 0 Å². The molecule has 0 aromatic heterocycles. The van der Waals surface area contributed by atoms with Gasteiger partial charge in [0.05, 0.1) is 0 Å². The maximum atomic E-state index is 11.6. The van der Waals surface area contributed by atoms with Crippen LogP contribution in [0.25, 0.3) is 0 Å². The van der Waals surface area contributed by atoms with Gasteiger partial charge < -0.3 is 0 Å². The van der Waals surface area contributed by atoms with Gasteiger partial charge in [-0.25, -0.2) is 5.43 Å². The fraction of sp³-hybridized carbons (Fsp3) is 0.923. The Labute approximate surface area is 98.5 Å². The molecule has 0 aromatic carbocycles. The summed E-state index contributed by atoms with van der Waals surface area (Å²) < 4.78 is 0. The van der Waals surface area contributed by atoms with Gasteiger partial charge >= 0.3 is 0 Å². The molecule has 92 valence electrons. The first kappa shape index (κ1) is 11.9. The second-order valence-electron chi connectivity index (χ2n) is 5.20. The molecule has 1 aliphatic heterocycles. The lowest BCUT2D eigenvalue weighted by Gasteiger charge is -2.29. The quantitative estimate of drug-likeness (QED) is 0.747. The van der Waals surface area contributed by atoms with E-state index in [2.05, 4.69) is 5.43 Å². The van der Waals surface area contributed by atoms with E-state index in [-0.39, 0.29) is 0 Å². The van der Waals surface area contributed by atoms with Crippen LogP contribution >= 0.6 is 0 Å². The third-order valence-corrected chi connectivity index (χ3v) is 3.91. The molecule has 0 aromatic rings. The highest BCUT2D eigenvalue weighted by atomic mass is 16.2. The summed E-state index contributed by atoms with van der Waals surface area (Å²) in [7, 11) is 0. The van der Waals surface area contributed by atoms with Gasteiger partial charge in [-0.1, -0.05) is 38.5 Å². The normalized spacial score (nSPS) is 24.5. The van der Waals surface area contributed by atoms with Gasteiger partial charge in [-0.15, -0.1) is 0 Å². The first-order valence-electron chi connectivity index (χ1n) is 6.90.